The van der Waals surface area contributed by atoms with E-state index in [4.69, 9.17) is 16.3 Å². The van der Waals surface area contributed by atoms with E-state index in [1.807, 2.05) is 0 Å². The molecule has 7 nitrogen and oxygen atoms in total. The van der Waals surface area contributed by atoms with Crippen LogP contribution in [0.5, 0.6) is 0 Å². The van der Waals surface area contributed by atoms with Crippen molar-refractivity contribution in [1.82, 2.24) is 15.5 Å². The van der Waals surface area contributed by atoms with E-state index in [1.165, 1.54) is 11.8 Å². The topological polar surface area (TPSA) is 87.7 Å². The molecule has 2 N–H and O–H groups in total. The van der Waals surface area contributed by atoms with Gasteiger partial charge in [0.15, 0.2) is 0 Å². The van der Waals surface area contributed by atoms with Gasteiger partial charge in [0, 0.05) is 12.6 Å². The largest absolute Gasteiger partial charge is 0.377 e. The molecule has 0 radical (unpaired) electrons. The Morgan fingerprint density at radius 1 is 1.35 bits per heavy atom. The molecule has 112 valence electrons. The number of nitrogens with one attached hydrogen (secondary N) is 2. The number of ether oxygens (including phenoxy) is 1. The van der Waals surface area contributed by atoms with Crippen molar-refractivity contribution in [2.45, 2.75) is 37.2 Å². The van der Waals surface area contributed by atoms with Gasteiger partial charge < -0.3 is 15.0 Å². The average Bonchev–Trinajstić information content (AvgIpc) is 3.22. The van der Waals surface area contributed by atoms with E-state index in [0.717, 1.165) is 12.8 Å². The summed E-state index contributed by atoms with van der Waals surface area (Å²) in [5, 5.41) is 4.21. The quantitative estimate of drug-likeness (QED) is 0.709. The zero-order valence-corrected chi connectivity index (χ0v) is 12.0. The lowest BCUT2D eigenvalue weighted by atomic mass is 10.2. The maximum Gasteiger partial charge on any atom is 0.324 e. The third-order valence-corrected chi connectivity index (χ3v) is 3.41. The van der Waals surface area contributed by atoms with Crippen LogP contribution in [0.4, 0.5) is 4.79 Å². The van der Waals surface area contributed by atoms with Crippen molar-refractivity contribution in [3.63, 3.8) is 0 Å². The lowest BCUT2D eigenvalue weighted by molar-refractivity contribution is -0.131. The molecule has 2 aliphatic rings. The molecule has 0 bridgehead atoms. The number of nitrogens with zero attached hydrogens (tertiary/aromatic N) is 1. The van der Waals surface area contributed by atoms with Gasteiger partial charge in [-0.05, 0) is 19.8 Å². The Bertz CT molecular complexity index is 412. The van der Waals surface area contributed by atoms with Crippen LogP contribution >= 0.6 is 11.6 Å². The molecule has 0 aromatic carbocycles. The highest BCUT2D eigenvalue weighted by Gasteiger charge is 2.36. The Labute approximate surface area is 122 Å². The number of morpholine rings is 1. The van der Waals surface area contributed by atoms with Crippen LogP contribution in [0, 0.1) is 0 Å². The number of carbonyl (C=O) groups is 3. The van der Waals surface area contributed by atoms with Crippen LogP contribution in [-0.2, 0) is 14.3 Å². The summed E-state index contributed by atoms with van der Waals surface area (Å²) in [5.74, 6) is -0.821. The van der Waals surface area contributed by atoms with E-state index < -0.39 is 23.4 Å². The number of imide groups is 1. The minimum Gasteiger partial charge on any atom is -0.377 e. The van der Waals surface area contributed by atoms with Crippen molar-refractivity contribution < 1.29 is 19.1 Å². The van der Waals surface area contributed by atoms with Crippen molar-refractivity contribution in [3.05, 3.63) is 0 Å². The normalized spacial score (nSPS) is 23.9. The molecule has 4 amide bonds. The zero-order valence-electron chi connectivity index (χ0n) is 11.2. The highest BCUT2D eigenvalue weighted by molar-refractivity contribution is 6.31. The van der Waals surface area contributed by atoms with Crippen molar-refractivity contribution in [2.24, 2.45) is 0 Å². The molecule has 2 fully saturated rings. The molecular formula is C12H18ClN3O4. The molecule has 20 heavy (non-hydrogen) atoms. The third-order valence-electron chi connectivity index (χ3n) is 3.21. The van der Waals surface area contributed by atoms with Gasteiger partial charge in [-0.1, -0.05) is 0 Å². The van der Waals surface area contributed by atoms with E-state index >= 15 is 0 Å². The highest BCUT2D eigenvalue weighted by atomic mass is 35.5. The molecule has 0 aromatic heterocycles. The first-order valence-electron chi connectivity index (χ1n) is 6.62. The SMILES string of the molecule is CC(Cl)C(=O)NC(=O)N1CCOCC1C(=O)NC1CC1. The molecule has 2 atom stereocenters. The van der Waals surface area contributed by atoms with E-state index in [2.05, 4.69) is 10.6 Å². The van der Waals surface area contributed by atoms with Gasteiger partial charge >= 0.3 is 6.03 Å². The van der Waals surface area contributed by atoms with Gasteiger partial charge in [0.2, 0.25) is 11.8 Å². The molecule has 1 aliphatic carbocycles. The minimum absolute atomic E-state index is 0.136. The summed E-state index contributed by atoms with van der Waals surface area (Å²) in [6.45, 7) is 2.21. The number of hydrogen-bond acceptors (Lipinski definition) is 4. The van der Waals surface area contributed by atoms with Crippen molar-refractivity contribution in [3.8, 4) is 0 Å². The van der Waals surface area contributed by atoms with Crippen molar-refractivity contribution in [2.75, 3.05) is 19.8 Å². The van der Waals surface area contributed by atoms with Gasteiger partial charge in [-0.2, -0.15) is 0 Å². The Hall–Kier alpha value is -1.34. The second-order valence-corrected chi connectivity index (χ2v) is 5.63. The Balaban J connectivity index is 1.96. The monoisotopic (exact) mass is 303 g/mol. The molecule has 2 rings (SSSR count). The van der Waals surface area contributed by atoms with Crippen molar-refractivity contribution in [1.29, 1.82) is 0 Å². The number of halogens is 1. The number of rotatable bonds is 3. The van der Waals surface area contributed by atoms with Crippen LogP contribution in [0.2, 0.25) is 0 Å². The molecule has 0 aromatic rings. The maximum absolute atomic E-state index is 12.1. The molecule has 1 saturated carbocycles. The van der Waals surface area contributed by atoms with E-state index in [0.29, 0.717) is 6.61 Å². The summed E-state index contributed by atoms with van der Waals surface area (Å²) in [4.78, 5) is 36.8. The van der Waals surface area contributed by atoms with Crippen LogP contribution in [0.25, 0.3) is 0 Å². The van der Waals surface area contributed by atoms with Crippen LogP contribution in [-0.4, -0.2) is 60.0 Å². The summed E-state index contributed by atoms with van der Waals surface area (Å²) in [5.41, 5.74) is 0. The lowest BCUT2D eigenvalue weighted by Crippen LogP contribution is -2.59. The number of hydrogen-bond donors (Lipinski definition) is 2. The summed E-state index contributed by atoms with van der Waals surface area (Å²) in [7, 11) is 0. The molecule has 1 saturated heterocycles. The highest BCUT2D eigenvalue weighted by Crippen LogP contribution is 2.19. The second-order valence-electron chi connectivity index (χ2n) is 4.98. The molecule has 2 unspecified atom stereocenters. The maximum atomic E-state index is 12.1. The van der Waals surface area contributed by atoms with Crippen LogP contribution in [0.3, 0.4) is 0 Å². The fraction of sp³-hybridized carbons (Fsp3) is 0.750. The summed E-state index contributed by atoms with van der Waals surface area (Å²) in [6.07, 6.45) is 1.93. The van der Waals surface area contributed by atoms with E-state index in [9.17, 15) is 14.4 Å². The van der Waals surface area contributed by atoms with Gasteiger partial charge in [-0.25, -0.2) is 4.79 Å². The number of alkyl halides is 1. The molecule has 8 heteroatoms. The van der Waals surface area contributed by atoms with Gasteiger partial charge in [0.1, 0.15) is 11.4 Å². The standard InChI is InChI=1S/C12H18ClN3O4/c1-7(13)10(17)15-12(19)16-4-5-20-6-9(16)11(18)14-8-2-3-8/h7-9H,2-6H2,1H3,(H,14,18)(H,15,17,19). The Morgan fingerprint density at radius 2 is 2.05 bits per heavy atom. The smallest absolute Gasteiger partial charge is 0.324 e. The molecule has 1 heterocycles. The third kappa shape index (κ3) is 3.83. The summed E-state index contributed by atoms with van der Waals surface area (Å²) < 4.78 is 5.24. The summed E-state index contributed by atoms with van der Waals surface area (Å²) in [6, 6.07) is -1.11. The molecule has 0 spiro atoms. The number of amides is 4. The summed E-state index contributed by atoms with van der Waals surface area (Å²) >= 11 is 5.60. The van der Waals surface area contributed by atoms with Crippen LogP contribution < -0.4 is 10.6 Å². The molecular weight excluding hydrogens is 286 g/mol. The lowest BCUT2D eigenvalue weighted by Gasteiger charge is -2.34. The van der Waals surface area contributed by atoms with Gasteiger partial charge in [-0.15, -0.1) is 11.6 Å². The first-order valence-corrected chi connectivity index (χ1v) is 7.06. The van der Waals surface area contributed by atoms with Crippen molar-refractivity contribution >= 4 is 29.4 Å². The predicted octanol–water partition coefficient (Wildman–Crippen LogP) is -0.171. The fourth-order valence-electron chi connectivity index (χ4n) is 1.87. The minimum atomic E-state index is -0.807. The Kier molecular flexibility index (Phi) is 4.82. The Morgan fingerprint density at radius 3 is 2.65 bits per heavy atom. The number of urea groups is 1. The first kappa shape index (κ1) is 15.1. The van der Waals surface area contributed by atoms with Crippen LogP contribution in [0.15, 0.2) is 0 Å². The van der Waals surface area contributed by atoms with Gasteiger partial charge in [0.25, 0.3) is 0 Å². The zero-order chi connectivity index (χ0) is 14.7. The second kappa shape index (κ2) is 6.41. The number of carbonyl (C=O) groups excluding carboxylic acids is 3. The fourth-order valence-corrected chi connectivity index (χ4v) is 1.92. The van der Waals surface area contributed by atoms with Crippen LogP contribution in [0.1, 0.15) is 19.8 Å². The average molecular weight is 304 g/mol. The first-order chi connectivity index (χ1) is 9.49. The molecule has 1 aliphatic heterocycles. The van der Waals surface area contributed by atoms with Gasteiger partial charge in [-0.3, -0.25) is 14.9 Å². The van der Waals surface area contributed by atoms with E-state index in [1.54, 1.807) is 0 Å². The van der Waals surface area contributed by atoms with E-state index in [-0.39, 0.29) is 25.1 Å². The predicted molar refractivity (Wildman–Crippen MR) is 71.3 cm³/mol. The van der Waals surface area contributed by atoms with Gasteiger partial charge in [0.05, 0.1) is 13.2 Å².